The molecular formula is C19H20F3N7O. The number of pyridine rings is 1. The van der Waals surface area contributed by atoms with Crippen molar-refractivity contribution in [3.63, 3.8) is 0 Å². The Morgan fingerprint density at radius 1 is 1.20 bits per heavy atom. The van der Waals surface area contributed by atoms with Gasteiger partial charge in [0.1, 0.15) is 5.82 Å². The molecule has 1 N–H and O–H groups in total. The molecule has 8 nitrogen and oxygen atoms in total. The first-order valence-electron chi connectivity index (χ1n) is 9.58. The third kappa shape index (κ3) is 4.05. The van der Waals surface area contributed by atoms with E-state index in [4.69, 9.17) is 0 Å². The zero-order valence-electron chi connectivity index (χ0n) is 16.2. The van der Waals surface area contributed by atoms with Crippen LogP contribution in [0.2, 0.25) is 0 Å². The Morgan fingerprint density at radius 2 is 1.97 bits per heavy atom. The molecule has 0 aliphatic carbocycles. The highest BCUT2D eigenvalue weighted by Gasteiger charge is 2.38. The van der Waals surface area contributed by atoms with Gasteiger partial charge in [0.2, 0.25) is 5.91 Å². The summed E-state index contributed by atoms with van der Waals surface area (Å²) in [5, 5.41) is 13.8. The van der Waals surface area contributed by atoms with E-state index < -0.39 is 12.0 Å². The smallest absolute Gasteiger partial charge is 0.355 e. The Bertz CT molecular complexity index is 1030. The van der Waals surface area contributed by atoms with E-state index in [0.29, 0.717) is 36.3 Å². The minimum absolute atomic E-state index is 0.0322. The van der Waals surface area contributed by atoms with Crippen molar-refractivity contribution in [1.29, 1.82) is 0 Å². The van der Waals surface area contributed by atoms with Crippen LogP contribution in [0.4, 0.5) is 19.0 Å². The molecule has 1 saturated heterocycles. The number of carbonyl (C=O) groups is 1. The average Bonchev–Trinajstić information content (AvgIpc) is 3.18. The van der Waals surface area contributed by atoms with Crippen molar-refractivity contribution in [2.45, 2.75) is 32.0 Å². The lowest BCUT2D eigenvalue weighted by atomic mass is 9.95. The molecule has 4 heterocycles. The first kappa shape index (κ1) is 20.0. The molecule has 1 atom stereocenters. The van der Waals surface area contributed by atoms with Crippen molar-refractivity contribution in [2.75, 3.05) is 18.0 Å². The number of nitrogens with zero attached hydrogens (tertiary/aromatic N) is 6. The van der Waals surface area contributed by atoms with Crippen LogP contribution in [0.1, 0.15) is 37.2 Å². The molecule has 30 heavy (non-hydrogen) atoms. The second-order valence-electron chi connectivity index (χ2n) is 7.26. The molecule has 0 radical (unpaired) electrons. The Morgan fingerprint density at radius 3 is 2.63 bits per heavy atom. The van der Waals surface area contributed by atoms with Crippen molar-refractivity contribution in [3.8, 4) is 0 Å². The van der Waals surface area contributed by atoms with Crippen LogP contribution in [0.15, 0.2) is 36.7 Å². The van der Waals surface area contributed by atoms with Crippen molar-refractivity contribution in [3.05, 3.63) is 48.0 Å². The number of amides is 1. The number of piperidine rings is 1. The number of rotatable bonds is 4. The number of anilines is 1. The molecule has 1 unspecified atom stereocenters. The summed E-state index contributed by atoms with van der Waals surface area (Å²) in [6.45, 7) is 2.93. The molecule has 11 heteroatoms. The van der Waals surface area contributed by atoms with Gasteiger partial charge in [0.15, 0.2) is 5.65 Å². The fourth-order valence-corrected chi connectivity index (χ4v) is 3.54. The van der Waals surface area contributed by atoms with Gasteiger partial charge in [0.25, 0.3) is 5.82 Å². The van der Waals surface area contributed by atoms with E-state index in [2.05, 4.69) is 25.6 Å². The normalized spacial score (nSPS) is 16.6. The van der Waals surface area contributed by atoms with E-state index in [1.165, 1.54) is 6.07 Å². The summed E-state index contributed by atoms with van der Waals surface area (Å²) in [7, 11) is 0. The maximum absolute atomic E-state index is 13.1. The Hall–Kier alpha value is -3.24. The van der Waals surface area contributed by atoms with Crippen molar-refractivity contribution >= 4 is 17.4 Å². The number of aromatic nitrogens is 5. The van der Waals surface area contributed by atoms with Crippen LogP contribution in [-0.4, -0.2) is 43.8 Å². The maximum atomic E-state index is 13.1. The quantitative estimate of drug-likeness (QED) is 0.700. The van der Waals surface area contributed by atoms with Crippen LogP contribution in [0, 0.1) is 5.92 Å². The lowest BCUT2D eigenvalue weighted by Crippen LogP contribution is -2.41. The molecule has 1 aliphatic heterocycles. The van der Waals surface area contributed by atoms with E-state index in [1.807, 2.05) is 24.0 Å². The highest BCUT2D eigenvalue weighted by molar-refractivity contribution is 5.79. The van der Waals surface area contributed by atoms with Gasteiger partial charge in [-0.15, -0.1) is 15.3 Å². The van der Waals surface area contributed by atoms with Crippen LogP contribution in [0.5, 0.6) is 0 Å². The van der Waals surface area contributed by atoms with Gasteiger partial charge in [-0.3, -0.25) is 9.78 Å². The van der Waals surface area contributed by atoms with Gasteiger partial charge >= 0.3 is 6.18 Å². The lowest BCUT2D eigenvalue weighted by Gasteiger charge is -2.32. The zero-order valence-corrected chi connectivity index (χ0v) is 16.2. The van der Waals surface area contributed by atoms with Gasteiger partial charge in [0.05, 0.1) is 6.04 Å². The molecule has 3 aromatic heterocycles. The molecule has 1 aliphatic rings. The SMILES string of the molecule is CC(NC(=O)C1CCN(c2ccc3nnc(C(F)(F)F)n3n2)CC1)c1cccnc1. The molecule has 0 saturated carbocycles. The monoisotopic (exact) mass is 419 g/mol. The standard InChI is InChI=1S/C19H20F3N7O/c1-12(14-3-2-8-23-11-14)24-17(30)13-6-9-28(10-7-13)16-5-4-15-25-26-18(19(20,21)22)29(15)27-16/h2-5,8,11-13H,6-7,9-10H2,1H3,(H,24,30). The summed E-state index contributed by atoms with van der Waals surface area (Å²) in [6.07, 6.45) is -0.0769. The first-order chi connectivity index (χ1) is 14.3. The minimum atomic E-state index is -4.64. The Balaban J connectivity index is 1.40. The van der Waals surface area contributed by atoms with Gasteiger partial charge in [0, 0.05) is 31.4 Å². The average molecular weight is 419 g/mol. The van der Waals surface area contributed by atoms with Crippen LogP contribution >= 0.6 is 0 Å². The second-order valence-corrected chi connectivity index (χ2v) is 7.26. The number of carbonyl (C=O) groups excluding carboxylic acids is 1. The third-order valence-electron chi connectivity index (χ3n) is 5.24. The van der Waals surface area contributed by atoms with E-state index in [-0.39, 0.29) is 23.5 Å². The van der Waals surface area contributed by atoms with Crippen molar-refractivity contribution in [2.24, 2.45) is 5.92 Å². The number of halogens is 3. The highest BCUT2D eigenvalue weighted by Crippen LogP contribution is 2.29. The third-order valence-corrected chi connectivity index (χ3v) is 5.24. The Labute approximate surface area is 170 Å². The fourth-order valence-electron chi connectivity index (χ4n) is 3.54. The highest BCUT2D eigenvalue weighted by atomic mass is 19.4. The van der Waals surface area contributed by atoms with Crippen LogP contribution in [0.25, 0.3) is 5.65 Å². The predicted octanol–water partition coefficient (Wildman–Crippen LogP) is 2.63. The lowest BCUT2D eigenvalue weighted by molar-refractivity contribution is -0.146. The molecular weight excluding hydrogens is 399 g/mol. The van der Waals surface area contributed by atoms with E-state index in [0.717, 1.165) is 5.56 Å². The number of fused-ring (bicyclic) bond motifs is 1. The topological polar surface area (TPSA) is 88.3 Å². The van der Waals surface area contributed by atoms with Crippen LogP contribution < -0.4 is 10.2 Å². The van der Waals surface area contributed by atoms with Gasteiger partial charge in [-0.25, -0.2) is 0 Å². The van der Waals surface area contributed by atoms with Gasteiger partial charge < -0.3 is 10.2 Å². The first-order valence-corrected chi connectivity index (χ1v) is 9.58. The second kappa shape index (κ2) is 7.88. The van der Waals surface area contributed by atoms with Gasteiger partial charge in [-0.1, -0.05) is 6.07 Å². The molecule has 0 spiro atoms. The summed E-state index contributed by atoms with van der Waals surface area (Å²) in [5.74, 6) is -0.953. The maximum Gasteiger partial charge on any atom is 0.453 e. The van der Waals surface area contributed by atoms with Crippen LogP contribution in [-0.2, 0) is 11.0 Å². The molecule has 1 fully saturated rings. The molecule has 158 valence electrons. The minimum Gasteiger partial charge on any atom is -0.355 e. The predicted molar refractivity (Wildman–Crippen MR) is 102 cm³/mol. The molecule has 3 aromatic rings. The number of hydrogen-bond donors (Lipinski definition) is 1. The molecule has 1 amide bonds. The fraction of sp³-hybridized carbons (Fsp3) is 0.421. The molecule has 0 bridgehead atoms. The van der Waals surface area contributed by atoms with Gasteiger partial charge in [-0.05, 0) is 43.5 Å². The van der Waals surface area contributed by atoms with Crippen molar-refractivity contribution in [1.82, 2.24) is 30.1 Å². The summed E-state index contributed by atoms with van der Waals surface area (Å²) in [6, 6.07) is 6.65. The largest absolute Gasteiger partial charge is 0.453 e. The number of hydrogen-bond acceptors (Lipinski definition) is 6. The van der Waals surface area contributed by atoms with E-state index in [1.54, 1.807) is 18.5 Å². The summed E-state index contributed by atoms with van der Waals surface area (Å²) >= 11 is 0. The van der Waals surface area contributed by atoms with Crippen LogP contribution in [0.3, 0.4) is 0 Å². The summed E-state index contributed by atoms with van der Waals surface area (Å²) in [5.41, 5.74) is 0.958. The number of alkyl halides is 3. The number of nitrogens with one attached hydrogen (secondary N) is 1. The Kier molecular flexibility index (Phi) is 5.27. The zero-order chi connectivity index (χ0) is 21.3. The van der Waals surface area contributed by atoms with Crippen molar-refractivity contribution < 1.29 is 18.0 Å². The summed E-state index contributed by atoms with van der Waals surface area (Å²) < 4.78 is 39.9. The van der Waals surface area contributed by atoms with E-state index in [9.17, 15) is 18.0 Å². The van der Waals surface area contributed by atoms with E-state index >= 15 is 0 Å². The molecule has 4 rings (SSSR count). The summed E-state index contributed by atoms with van der Waals surface area (Å²) in [4.78, 5) is 18.5. The van der Waals surface area contributed by atoms with Gasteiger partial charge in [-0.2, -0.15) is 17.7 Å². The molecule has 0 aromatic carbocycles.